The molecule has 2 aromatic carbocycles. The first-order valence-corrected chi connectivity index (χ1v) is 8.21. The van der Waals surface area contributed by atoms with Gasteiger partial charge in [0.05, 0.1) is 4.90 Å². The molecule has 0 amide bonds. The van der Waals surface area contributed by atoms with Crippen molar-refractivity contribution in [3.63, 3.8) is 0 Å². The van der Waals surface area contributed by atoms with Gasteiger partial charge in [-0.05, 0) is 40.8 Å². The second-order valence-corrected chi connectivity index (χ2v) is 7.08. The van der Waals surface area contributed by atoms with Crippen molar-refractivity contribution < 1.29 is 8.42 Å². The van der Waals surface area contributed by atoms with Gasteiger partial charge in [0.2, 0.25) is 0 Å². The van der Waals surface area contributed by atoms with Crippen molar-refractivity contribution in [3.05, 3.63) is 42.0 Å². The molecule has 2 rings (SSSR count). The molecule has 96 valence electrons. The molecule has 1 unspecified atom stereocenters. The van der Waals surface area contributed by atoms with Crippen LogP contribution in [0.25, 0.3) is 10.8 Å². The van der Waals surface area contributed by atoms with E-state index in [1.807, 2.05) is 12.1 Å². The number of halogens is 1. The summed E-state index contributed by atoms with van der Waals surface area (Å²) in [5.41, 5.74) is 1.27. The Morgan fingerprint density at radius 2 is 1.72 bits per heavy atom. The summed E-state index contributed by atoms with van der Waals surface area (Å²) in [5.74, 6) is 0.505. The van der Waals surface area contributed by atoms with Gasteiger partial charge < -0.3 is 0 Å². The lowest BCUT2D eigenvalue weighted by atomic mass is 9.96. The van der Waals surface area contributed by atoms with Crippen molar-refractivity contribution in [2.75, 3.05) is 0 Å². The van der Waals surface area contributed by atoms with E-state index < -0.39 is 9.05 Å². The van der Waals surface area contributed by atoms with Crippen LogP contribution < -0.4 is 0 Å². The lowest BCUT2D eigenvalue weighted by molar-refractivity contribution is 0.609. The molecule has 0 aliphatic carbocycles. The highest BCUT2D eigenvalue weighted by Crippen LogP contribution is 2.26. The predicted octanol–water partition coefficient (Wildman–Crippen LogP) is 4.28. The van der Waals surface area contributed by atoms with Gasteiger partial charge in [0, 0.05) is 10.7 Å². The highest BCUT2D eigenvalue weighted by Gasteiger charge is 2.11. The van der Waals surface area contributed by atoms with Gasteiger partial charge in [-0.25, -0.2) is 8.42 Å². The third-order valence-corrected chi connectivity index (χ3v) is 4.65. The number of rotatable bonds is 3. The first-order chi connectivity index (χ1) is 8.41. The van der Waals surface area contributed by atoms with Crippen molar-refractivity contribution in [1.82, 2.24) is 0 Å². The van der Waals surface area contributed by atoms with Crippen LogP contribution >= 0.6 is 10.7 Å². The summed E-state index contributed by atoms with van der Waals surface area (Å²) in [6.07, 6.45) is 1.08. The molecule has 0 heterocycles. The average Bonchev–Trinajstić information content (AvgIpc) is 2.35. The molecule has 0 N–H and O–H groups in total. The van der Waals surface area contributed by atoms with Gasteiger partial charge in [-0.1, -0.05) is 38.1 Å². The third-order valence-electron chi connectivity index (χ3n) is 3.30. The Bertz CT molecular complexity index is 677. The van der Waals surface area contributed by atoms with E-state index in [4.69, 9.17) is 10.7 Å². The van der Waals surface area contributed by atoms with Gasteiger partial charge in [-0.3, -0.25) is 0 Å². The summed E-state index contributed by atoms with van der Waals surface area (Å²) in [4.78, 5) is 0.146. The van der Waals surface area contributed by atoms with Gasteiger partial charge in [0.1, 0.15) is 0 Å². The van der Waals surface area contributed by atoms with E-state index in [1.165, 1.54) is 5.56 Å². The monoisotopic (exact) mass is 282 g/mol. The van der Waals surface area contributed by atoms with Gasteiger partial charge in [-0.2, -0.15) is 0 Å². The molecule has 4 heteroatoms. The molecule has 18 heavy (non-hydrogen) atoms. The Hall–Kier alpha value is -1.06. The molecular formula is C14H15ClO2S. The second-order valence-electron chi connectivity index (χ2n) is 4.52. The molecule has 0 bridgehead atoms. The highest BCUT2D eigenvalue weighted by molar-refractivity contribution is 8.13. The molecule has 0 spiro atoms. The van der Waals surface area contributed by atoms with Crippen LogP contribution in [0.5, 0.6) is 0 Å². The lowest BCUT2D eigenvalue weighted by Crippen LogP contribution is -1.93. The summed E-state index contributed by atoms with van der Waals surface area (Å²) in [6.45, 7) is 4.33. The van der Waals surface area contributed by atoms with Crippen molar-refractivity contribution >= 4 is 30.5 Å². The Labute approximate surface area is 112 Å². The second kappa shape index (κ2) is 4.90. The highest BCUT2D eigenvalue weighted by atomic mass is 35.7. The third kappa shape index (κ3) is 2.68. The minimum Gasteiger partial charge on any atom is -0.207 e. The molecule has 0 saturated heterocycles. The fourth-order valence-electron chi connectivity index (χ4n) is 1.94. The minimum atomic E-state index is -3.65. The van der Waals surface area contributed by atoms with Crippen LogP contribution in [-0.2, 0) is 9.05 Å². The maximum Gasteiger partial charge on any atom is 0.261 e. The van der Waals surface area contributed by atoms with Crippen LogP contribution in [-0.4, -0.2) is 8.42 Å². The zero-order valence-electron chi connectivity index (χ0n) is 10.4. The smallest absolute Gasteiger partial charge is 0.207 e. The first-order valence-electron chi connectivity index (χ1n) is 5.90. The maximum atomic E-state index is 11.3. The number of benzene rings is 2. The van der Waals surface area contributed by atoms with E-state index >= 15 is 0 Å². The van der Waals surface area contributed by atoms with E-state index in [9.17, 15) is 8.42 Å². The molecular weight excluding hydrogens is 268 g/mol. The fourth-order valence-corrected chi connectivity index (χ4v) is 2.72. The molecule has 0 aromatic heterocycles. The fraction of sp³-hybridized carbons (Fsp3) is 0.286. The standard InChI is InChI=1S/C14H15ClO2S/c1-3-10(2)11-4-5-13-9-14(18(15,16)17)7-6-12(13)8-11/h4-10H,3H2,1-2H3. The summed E-state index contributed by atoms with van der Waals surface area (Å²) >= 11 is 0. The van der Waals surface area contributed by atoms with Gasteiger partial charge in [0.15, 0.2) is 0 Å². The summed E-state index contributed by atoms with van der Waals surface area (Å²) in [6, 6.07) is 11.1. The summed E-state index contributed by atoms with van der Waals surface area (Å²) in [7, 11) is 1.68. The summed E-state index contributed by atoms with van der Waals surface area (Å²) in [5, 5.41) is 1.93. The van der Waals surface area contributed by atoms with Crippen molar-refractivity contribution in [1.29, 1.82) is 0 Å². The molecule has 0 aliphatic heterocycles. The summed E-state index contributed by atoms with van der Waals surface area (Å²) < 4.78 is 22.5. The SMILES string of the molecule is CCC(C)c1ccc2cc(S(=O)(=O)Cl)ccc2c1. The van der Waals surface area contributed by atoms with Crippen LogP contribution in [0.2, 0.25) is 0 Å². The van der Waals surface area contributed by atoms with Crippen LogP contribution in [0.3, 0.4) is 0 Å². The van der Waals surface area contributed by atoms with Gasteiger partial charge in [-0.15, -0.1) is 0 Å². The van der Waals surface area contributed by atoms with Gasteiger partial charge in [0.25, 0.3) is 9.05 Å². The quantitative estimate of drug-likeness (QED) is 0.788. The predicted molar refractivity (Wildman–Crippen MR) is 75.7 cm³/mol. The normalized spacial score (nSPS) is 13.7. The van der Waals surface area contributed by atoms with Crippen LogP contribution in [0.1, 0.15) is 31.7 Å². The number of fused-ring (bicyclic) bond motifs is 1. The van der Waals surface area contributed by atoms with Crippen molar-refractivity contribution in [2.45, 2.75) is 31.1 Å². The minimum absolute atomic E-state index is 0.146. The average molecular weight is 283 g/mol. The largest absolute Gasteiger partial charge is 0.261 e. The van der Waals surface area contributed by atoms with Crippen LogP contribution in [0.4, 0.5) is 0 Å². The molecule has 1 atom stereocenters. The zero-order chi connectivity index (χ0) is 13.3. The van der Waals surface area contributed by atoms with Crippen LogP contribution in [0, 0.1) is 0 Å². The number of hydrogen-bond acceptors (Lipinski definition) is 2. The Morgan fingerprint density at radius 1 is 1.11 bits per heavy atom. The molecule has 0 fully saturated rings. The molecule has 0 radical (unpaired) electrons. The zero-order valence-corrected chi connectivity index (χ0v) is 11.9. The van der Waals surface area contributed by atoms with E-state index in [1.54, 1.807) is 18.2 Å². The van der Waals surface area contributed by atoms with E-state index in [2.05, 4.69) is 19.9 Å². The number of hydrogen-bond donors (Lipinski definition) is 0. The molecule has 2 nitrogen and oxygen atoms in total. The van der Waals surface area contributed by atoms with Crippen LogP contribution in [0.15, 0.2) is 41.3 Å². The Morgan fingerprint density at radius 3 is 2.33 bits per heavy atom. The topological polar surface area (TPSA) is 34.1 Å². The Kier molecular flexibility index (Phi) is 3.64. The van der Waals surface area contributed by atoms with Crippen molar-refractivity contribution in [3.8, 4) is 0 Å². The molecule has 2 aromatic rings. The first kappa shape index (κ1) is 13.4. The van der Waals surface area contributed by atoms with E-state index in [0.29, 0.717) is 5.92 Å². The van der Waals surface area contributed by atoms with Gasteiger partial charge >= 0.3 is 0 Å². The maximum absolute atomic E-state index is 11.3. The molecule has 0 saturated carbocycles. The van der Waals surface area contributed by atoms with E-state index in [0.717, 1.165) is 17.2 Å². The van der Waals surface area contributed by atoms with Crippen molar-refractivity contribution in [2.24, 2.45) is 0 Å². The Balaban J connectivity index is 2.55. The molecule has 0 aliphatic rings. The van der Waals surface area contributed by atoms with E-state index in [-0.39, 0.29) is 4.90 Å². The lowest BCUT2D eigenvalue weighted by Gasteiger charge is -2.10.